The van der Waals surface area contributed by atoms with E-state index in [4.69, 9.17) is 13.8 Å². The Labute approximate surface area is 185 Å². The van der Waals surface area contributed by atoms with Crippen molar-refractivity contribution in [1.29, 1.82) is 0 Å². The molecule has 1 heterocycles. The van der Waals surface area contributed by atoms with Gasteiger partial charge in [0.1, 0.15) is 17.9 Å². The number of halogens is 2. The van der Waals surface area contributed by atoms with Gasteiger partial charge < -0.3 is 14.0 Å². The molecule has 0 aromatic heterocycles. The van der Waals surface area contributed by atoms with Crippen LogP contribution in [-0.4, -0.2) is 37.9 Å². The minimum Gasteiger partial charge on any atom is -0.468 e. The Hall–Kier alpha value is -1.51. The van der Waals surface area contributed by atoms with E-state index in [1.807, 2.05) is 19.1 Å². The monoisotopic (exact) mass is 507 g/mol. The first-order valence-corrected chi connectivity index (χ1v) is 11.5. The first-order chi connectivity index (χ1) is 14.1. The number of allylic oxidation sites excluding steroid dienone is 1. The molecule has 0 saturated carbocycles. The van der Waals surface area contributed by atoms with Crippen LogP contribution in [0.5, 0.6) is 5.75 Å². The molecule has 0 fully saturated rings. The molecule has 0 aliphatic carbocycles. The van der Waals surface area contributed by atoms with Gasteiger partial charge in [0.15, 0.2) is 0 Å². The number of ether oxygens (including phenoxy) is 2. The molecular weight excluding hydrogens is 480 g/mol. The molecular formula is C20H28BrFNO6P. The molecule has 1 N–H and O–H groups in total. The fourth-order valence-electron chi connectivity index (χ4n) is 2.10. The molecule has 1 aliphatic rings. The standard InChI is InChI=1S/C16H21BrNO6P.C4H7F/c1-11-4-7-15(23-11)10-22-25(20,18-12(2)16(19)21-3)24-14-8-5-13(17)6-9-14;1-4(2)3-5/h4-9,11-12,15H,10H2,1-3H3,(H,18,20);3H,1-2H3. The van der Waals surface area contributed by atoms with Crippen molar-refractivity contribution in [3.05, 3.63) is 52.8 Å². The highest BCUT2D eigenvalue weighted by Crippen LogP contribution is 2.45. The SMILES string of the molecule is CC(C)=CF.COC(=O)C(C)NP(=O)(OCC1C=CC(C)O1)Oc1ccc(Br)cc1. The van der Waals surface area contributed by atoms with E-state index < -0.39 is 19.8 Å². The third-order valence-corrected chi connectivity index (χ3v) is 5.73. The summed E-state index contributed by atoms with van der Waals surface area (Å²) in [5.74, 6) is -0.235. The maximum atomic E-state index is 13.1. The van der Waals surface area contributed by atoms with Gasteiger partial charge in [0, 0.05) is 4.47 Å². The lowest BCUT2D eigenvalue weighted by Crippen LogP contribution is -2.35. The van der Waals surface area contributed by atoms with Crippen LogP contribution < -0.4 is 9.61 Å². The molecule has 4 unspecified atom stereocenters. The summed E-state index contributed by atoms with van der Waals surface area (Å²) in [5, 5.41) is 2.59. The average Bonchev–Trinajstić information content (AvgIpc) is 3.13. The Morgan fingerprint density at radius 3 is 2.40 bits per heavy atom. The van der Waals surface area contributed by atoms with E-state index in [0.717, 1.165) is 4.47 Å². The highest BCUT2D eigenvalue weighted by atomic mass is 79.9. The summed E-state index contributed by atoms with van der Waals surface area (Å²) in [7, 11) is -2.58. The van der Waals surface area contributed by atoms with Gasteiger partial charge in [0.25, 0.3) is 0 Å². The Balaban J connectivity index is 0.000000804. The van der Waals surface area contributed by atoms with Crippen LogP contribution in [0.3, 0.4) is 0 Å². The lowest BCUT2D eigenvalue weighted by Gasteiger charge is -2.23. The summed E-state index contributed by atoms with van der Waals surface area (Å²) in [6.07, 6.45) is 3.95. The third-order valence-electron chi connectivity index (χ3n) is 3.56. The number of benzene rings is 1. The van der Waals surface area contributed by atoms with Gasteiger partial charge in [0.2, 0.25) is 0 Å². The predicted molar refractivity (Wildman–Crippen MR) is 117 cm³/mol. The number of carbonyl (C=O) groups excluding carboxylic acids is 1. The Kier molecular flexibility index (Phi) is 11.5. The smallest absolute Gasteiger partial charge is 0.459 e. The molecule has 2 rings (SSSR count). The van der Waals surface area contributed by atoms with E-state index >= 15 is 0 Å². The summed E-state index contributed by atoms with van der Waals surface area (Å²) in [4.78, 5) is 11.6. The van der Waals surface area contributed by atoms with Crippen LogP contribution in [0.1, 0.15) is 27.7 Å². The minimum atomic E-state index is -3.83. The van der Waals surface area contributed by atoms with Crippen LogP contribution in [0.15, 0.2) is 52.8 Å². The van der Waals surface area contributed by atoms with Crippen LogP contribution in [0, 0.1) is 0 Å². The molecule has 10 heteroatoms. The van der Waals surface area contributed by atoms with Crippen molar-refractivity contribution in [2.45, 2.75) is 45.9 Å². The fourth-order valence-corrected chi connectivity index (χ4v) is 3.87. The van der Waals surface area contributed by atoms with Gasteiger partial charge in [-0.2, -0.15) is 5.09 Å². The van der Waals surface area contributed by atoms with E-state index in [9.17, 15) is 13.8 Å². The number of carbonyl (C=O) groups is 1. The lowest BCUT2D eigenvalue weighted by atomic mass is 10.3. The normalized spacial score (nSPS) is 20.4. The van der Waals surface area contributed by atoms with E-state index in [0.29, 0.717) is 17.7 Å². The third kappa shape index (κ3) is 10.00. The summed E-state index contributed by atoms with van der Waals surface area (Å²) in [6, 6.07) is 5.89. The van der Waals surface area contributed by atoms with Gasteiger partial charge in [-0.05, 0) is 57.5 Å². The van der Waals surface area contributed by atoms with E-state index in [1.165, 1.54) is 14.0 Å². The molecule has 4 atom stereocenters. The molecule has 0 spiro atoms. The first kappa shape index (κ1) is 26.5. The number of nitrogens with one attached hydrogen (secondary N) is 1. The number of methoxy groups -OCH3 is 1. The Morgan fingerprint density at radius 1 is 1.33 bits per heavy atom. The minimum absolute atomic E-state index is 0.0234. The number of hydrogen-bond acceptors (Lipinski definition) is 6. The second kappa shape index (κ2) is 13.0. The largest absolute Gasteiger partial charge is 0.468 e. The summed E-state index contributed by atoms with van der Waals surface area (Å²) < 4.78 is 46.1. The fraction of sp³-hybridized carbons (Fsp3) is 0.450. The van der Waals surface area contributed by atoms with Crippen LogP contribution in [0.25, 0.3) is 0 Å². The number of hydrogen-bond donors (Lipinski definition) is 1. The maximum absolute atomic E-state index is 13.1. The maximum Gasteiger partial charge on any atom is 0.459 e. The van der Waals surface area contributed by atoms with E-state index in [2.05, 4.69) is 25.8 Å². The van der Waals surface area contributed by atoms with Crippen LogP contribution in [0.4, 0.5) is 4.39 Å². The Bertz CT molecular complexity index is 782. The van der Waals surface area contributed by atoms with Crippen molar-refractivity contribution in [3.8, 4) is 5.75 Å². The summed E-state index contributed by atoms with van der Waals surface area (Å²) >= 11 is 3.32. The van der Waals surface area contributed by atoms with E-state index in [-0.39, 0.29) is 18.8 Å². The molecule has 7 nitrogen and oxygen atoms in total. The molecule has 1 aliphatic heterocycles. The molecule has 0 saturated heterocycles. The van der Waals surface area contributed by atoms with Crippen LogP contribution in [0.2, 0.25) is 0 Å². The molecule has 0 radical (unpaired) electrons. The number of rotatable bonds is 8. The highest BCUT2D eigenvalue weighted by molar-refractivity contribution is 9.10. The molecule has 0 amide bonds. The van der Waals surface area contributed by atoms with Crippen molar-refractivity contribution in [2.24, 2.45) is 0 Å². The highest BCUT2D eigenvalue weighted by Gasteiger charge is 2.33. The van der Waals surface area contributed by atoms with Crippen LogP contribution >= 0.6 is 23.7 Å². The van der Waals surface area contributed by atoms with Gasteiger partial charge in [-0.3, -0.25) is 9.32 Å². The second-order valence-electron chi connectivity index (χ2n) is 6.66. The van der Waals surface area contributed by atoms with Crippen molar-refractivity contribution < 1.29 is 32.3 Å². The van der Waals surface area contributed by atoms with Crippen molar-refractivity contribution in [2.75, 3.05) is 13.7 Å². The topological polar surface area (TPSA) is 83.1 Å². The number of esters is 1. The average molecular weight is 508 g/mol. The first-order valence-electron chi connectivity index (χ1n) is 9.21. The Morgan fingerprint density at radius 2 is 1.93 bits per heavy atom. The summed E-state index contributed by atoms with van der Waals surface area (Å²) in [5.41, 5.74) is 0.713. The van der Waals surface area contributed by atoms with Gasteiger partial charge in [0.05, 0.1) is 26.2 Å². The van der Waals surface area contributed by atoms with Gasteiger partial charge in [-0.15, -0.1) is 0 Å². The van der Waals surface area contributed by atoms with Gasteiger partial charge in [-0.1, -0.05) is 28.1 Å². The van der Waals surface area contributed by atoms with Gasteiger partial charge in [-0.25, -0.2) is 8.96 Å². The lowest BCUT2D eigenvalue weighted by molar-refractivity contribution is -0.142. The zero-order chi connectivity index (χ0) is 22.7. The van der Waals surface area contributed by atoms with E-state index in [1.54, 1.807) is 38.1 Å². The zero-order valence-corrected chi connectivity index (χ0v) is 20.1. The molecule has 30 heavy (non-hydrogen) atoms. The van der Waals surface area contributed by atoms with Crippen molar-refractivity contribution >= 4 is 29.6 Å². The van der Waals surface area contributed by atoms with Gasteiger partial charge >= 0.3 is 13.7 Å². The zero-order valence-electron chi connectivity index (χ0n) is 17.6. The van der Waals surface area contributed by atoms with Crippen molar-refractivity contribution in [1.82, 2.24) is 5.09 Å². The van der Waals surface area contributed by atoms with Crippen LogP contribution in [-0.2, 0) is 23.4 Å². The summed E-state index contributed by atoms with van der Waals surface area (Å²) in [6.45, 7) is 6.85. The molecule has 1 aromatic carbocycles. The second-order valence-corrected chi connectivity index (χ2v) is 9.27. The molecule has 0 bridgehead atoms. The molecule has 168 valence electrons. The molecule has 1 aromatic rings. The predicted octanol–water partition coefficient (Wildman–Crippen LogP) is 5.33. The quantitative estimate of drug-likeness (QED) is 0.289. The van der Waals surface area contributed by atoms with Crippen molar-refractivity contribution in [3.63, 3.8) is 0 Å².